The van der Waals surface area contributed by atoms with Crippen molar-refractivity contribution in [1.29, 1.82) is 0 Å². The van der Waals surface area contributed by atoms with E-state index in [1.54, 1.807) is 0 Å². The fourth-order valence-electron chi connectivity index (χ4n) is 2.01. The highest BCUT2D eigenvalue weighted by Gasteiger charge is 2.13. The average Bonchev–Trinajstić information content (AvgIpc) is 2.36. The highest BCUT2D eigenvalue weighted by Crippen LogP contribution is 2.23. The van der Waals surface area contributed by atoms with Gasteiger partial charge in [0.2, 0.25) is 11.4 Å². The van der Waals surface area contributed by atoms with Gasteiger partial charge in [-0.05, 0) is 12.1 Å². The van der Waals surface area contributed by atoms with Gasteiger partial charge in [-0.1, -0.05) is 13.8 Å². The predicted molar refractivity (Wildman–Crippen MR) is 77.7 cm³/mol. The molecule has 0 aliphatic heterocycles. The van der Waals surface area contributed by atoms with Crippen LogP contribution in [-0.4, -0.2) is 5.91 Å². The number of nitrogens with zero attached hydrogens (tertiary/aromatic N) is 1. The molecule has 0 saturated carbocycles. The van der Waals surface area contributed by atoms with Crippen molar-refractivity contribution in [2.75, 3.05) is 11.1 Å². The molecule has 3 N–H and O–H groups in total. The summed E-state index contributed by atoms with van der Waals surface area (Å²) in [5, 5.41) is 3.84. The number of aryl methyl sites for hydroxylation is 2. The summed E-state index contributed by atoms with van der Waals surface area (Å²) in [6.45, 7) is 5.76. The summed E-state index contributed by atoms with van der Waals surface area (Å²) in [6.07, 6.45) is 0. The molecule has 0 aliphatic rings. The van der Waals surface area contributed by atoms with Crippen molar-refractivity contribution in [2.45, 2.75) is 20.8 Å². The van der Waals surface area contributed by atoms with E-state index < -0.39 is 0 Å². The molecule has 0 radical (unpaired) electrons. The molecule has 108 valence electrons. The van der Waals surface area contributed by atoms with Crippen LogP contribution in [0.3, 0.4) is 0 Å². The van der Waals surface area contributed by atoms with Gasteiger partial charge in [0.05, 0.1) is 11.1 Å². The number of fused-ring (bicyclic) bond motifs is 1. The van der Waals surface area contributed by atoms with Crippen LogP contribution in [0.4, 0.5) is 11.4 Å². The molecule has 4 nitrogen and oxygen atoms in total. The molecule has 1 aromatic carbocycles. The average molecular weight is 294 g/mol. The van der Waals surface area contributed by atoms with Crippen LogP contribution in [0.15, 0.2) is 24.3 Å². The van der Waals surface area contributed by atoms with E-state index in [0.717, 1.165) is 28.0 Å². The smallest absolute Gasteiger partial charge is 0.226 e. The van der Waals surface area contributed by atoms with E-state index in [4.69, 9.17) is 5.73 Å². The Hall–Kier alpha value is -1.81. The summed E-state index contributed by atoms with van der Waals surface area (Å²) < 4.78 is 2.08. The largest absolute Gasteiger partial charge is 1.00 e. The molecule has 0 fully saturated rings. The Labute approximate surface area is 125 Å². The van der Waals surface area contributed by atoms with E-state index in [2.05, 4.69) is 9.88 Å². The van der Waals surface area contributed by atoms with Gasteiger partial charge >= 0.3 is 0 Å². The minimum absolute atomic E-state index is 0. The lowest BCUT2D eigenvalue weighted by Gasteiger charge is -2.09. The van der Waals surface area contributed by atoms with Gasteiger partial charge in [0.15, 0.2) is 5.69 Å². The number of hydrogen-bond acceptors (Lipinski definition) is 2. The van der Waals surface area contributed by atoms with E-state index in [9.17, 15) is 4.79 Å². The second kappa shape index (κ2) is 6.09. The van der Waals surface area contributed by atoms with Crippen LogP contribution in [0.5, 0.6) is 0 Å². The van der Waals surface area contributed by atoms with Crippen LogP contribution in [0.1, 0.15) is 19.5 Å². The highest BCUT2D eigenvalue weighted by atomic mass is 35.5. The summed E-state index contributed by atoms with van der Waals surface area (Å²) in [5.41, 5.74) is 9.72. The first-order chi connectivity index (χ1) is 8.90. The summed E-state index contributed by atoms with van der Waals surface area (Å²) in [4.78, 5) is 11.7. The van der Waals surface area contributed by atoms with E-state index in [1.807, 2.05) is 52.1 Å². The molecule has 2 rings (SSSR count). The quantitative estimate of drug-likeness (QED) is 0.709. The number of nitrogens with one attached hydrogen (secondary N) is 1. The third-order valence-electron chi connectivity index (χ3n) is 3.35. The van der Waals surface area contributed by atoms with Crippen LogP contribution in [0.25, 0.3) is 10.9 Å². The van der Waals surface area contributed by atoms with E-state index in [-0.39, 0.29) is 24.2 Å². The topological polar surface area (TPSA) is 59.0 Å². The Balaban J connectivity index is 0.00000200. The zero-order chi connectivity index (χ0) is 14.2. The van der Waals surface area contributed by atoms with Gasteiger partial charge in [-0.2, -0.15) is 4.57 Å². The fraction of sp³-hybridized carbons (Fsp3) is 0.333. The maximum absolute atomic E-state index is 11.7. The number of carbonyl (C=O) groups excluding carboxylic acids is 1. The molecule has 1 aromatic heterocycles. The van der Waals surface area contributed by atoms with Crippen LogP contribution in [-0.2, 0) is 11.8 Å². The Bertz CT molecular complexity index is 653. The number of nitrogens with two attached hydrogens (primary N) is 1. The van der Waals surface area contributed by atoms with Gasteiger partial charge in [-0.15, -0.1) is 0 Å². The zero-order valence-electron chi connectivity index (χ0n) is 12.2. The van der Waals surface area contributed by atoms with E-state index in [0.29, 0.717) is 0 Å². The number of pyridine rings is 1. The van der Waals surface area contributed by atoms with Crippen LogP contribution in [0, 0.1) is 12.8 Å². The molecule has 1 heterocycles. The first-order valence-electron chi connectivity index (χ1n) is 6.40. The standard InChI is InChI=1S/C15H19N3O.ClH/c1-9(2)15(19)17-11-5-6-14-12(8-11)13(16)7-10(3)18(14)4;/h5-9,16H,1-4H3,(H,17,19);1H. The molecule has 0 spiro atoms. The van der Waals surface area contributed by atoms with Gasteiger partial charge in [-0.25, -0.2) is 0 Å². The maximum Gasteiger partial charge on any atom is 0.226 e. The van der Waals surface area contributed by atoms with Crippen molar-refractivity contribution < 1.29 is 21.8 Å². The number of carbonyl (C=O) groups is 1. The van der Waals surface area contributed by atoms with Gasteiger partial charge in [0.25, 0.3) is 0 Å². The zero-order valence-corrected chi connectivity index (χ0v) is 13.0. The lowest BCUT2D eigenvalue weighted by molar-refractivity contribution is -0.651. The fourth-order valence-corrected chi connectivity index (χ4v) is 2.01. The molecule has 0 atom stereocenters. The first kappa shape index (κ1) is 16.2. The first-order valence-corrected chi connectivity index (χ1v) is 6.40. The molecular formula is C15H20ClN3O. The number of amides is 1. The Morgan fingerprint density at radius 3 is 2.55 bits per heavy atom. The van der Waals surface area contributed by atoms with E-state index >= 15 is 0 Å². The minimum atomic E-state index is -0.0397. The molecule has 0 saturated heterocycles. The molecule has 2 aromatic rings. The lowest BCUT2D eigenvalue weighted by Crippen LogP contribution is -3.00. The number of hydrogen-bond donors (Lipinski definition) is 2. The Morgan fingerprint density at radius 1 is 1.30 bits per heavy atom. The Kier molecular flexibility index (Phi) is 4.95. The minimum Gasteiger partial charge on any atom is -1.00 e. The molecular weight excluding hydrogens is 274 g/mol. The third kappa shape index (κ3) is 3.02. The monoisotopic (exact) mass is 293 g/mol. The number of rotatable bonds is 2. The SMILES string of the molecule is Cc1cc(N)c2cc(NC(=O)C(C)C)ccc2[n+]1C.[Cl-]. The van der Waals surface area contributed by atoms with Crippen molar-refractivity contribution in [3.05, 3.63) is 30.0 Å². The molecule has 0 bridgehead atoms. The third-order valence-corrected chi connectivity index (χ3v) is 3.35. The van der Waals surface area contributed by atoms with Gasteiger partial charge in [0, 0.05) is 30.7 Å². The number of nitrogen functional groups attached to an aromatic ring is 1. The number of benzene rings is 1. The van der Waals surface area contributed by atoms with Gasteiger partial charge < -0.3 is 23.5 Å². The summed E-state index contributed by atoms with van der Waals surface area (Å²) in [7, 11) is 2.00. The van der Waals surface area contributed by atoms with Gasteiger partial charge in [0.1, 0.15) is 7.05 Å². The van der Waals surface area contributed by atoms with Crippen molar-refractivity contribution in [2.24, 2.45) is 13.0 Å². The second-order valence-electron chi connectivity index (χ2n) is 5.18. The lowest BCUT2D eigenvalue weighted by atomic mass is 10.1. The number of aromatic nitrogens is 1. The molecule has 0 aliphatic carbocycles. The van der Waals surface area contributed by atoms with Crippen molar-refractivity contribution >= 4 is 28.2 Å². The van der Waals surface area contributed by atoms with Gasteiger partial charge in [-0.3, -0.25) is 4.79 Å². The molecule has 1 amide bonds. The highest BCUT2D eigenvalue weighted by molar-refractivity contribution is 5.96. The normalized spacial score (nSPS) is 10.4. The molecule has 0 unspecified atom stereocenters. The summed E-state index contributed by atoms with van der Waals surface area (Å²) in [6, 6.07) is 7.75. The predicted octanol–water partition coefficient (Wildman–Crippen LogP) is -0.847. The molecule has 5 heteroatoms. The van der Waals surface area contributed by atoms with Crippen LogP contribution in [0.2, 0.25) is 0 Å². The number of anilines is 2. The van der Waals surface area contributed by atoms with Crippen LogP contribution >= 0.6 is 0 Å². The summed E-state index contributed by atoms with van der Waals surface area (Å²) in [5.74, 6) is -0.0309. The van der Waals surface area contributed by atoms with Crippen molar-refractivity contribution in [1.82, 2.24) is 0 Å². The van der Waals surface area contributed by atoms with Crippen LogP contribution < -0.4 is 28.0 Å². The summed E-state index contributed by atoms with van der Waals surface area (Å²) >= 11 is 0. The maximum atomic E-state index is 11.7. The Morgan fingerprint density at radius 2 is 1.95 bits per heavy atom. The number of halogens is 1. The molecule has 20 heavy (non-hydrogen) atoms. The van der Waals surface area contributed by atoms with Crippen molar-refractivity contribution in [3.8, 4) is 0 Å². The second-order valence-corrected chi connectivity index (χ2v) is 5.18. The van der Waals surface area contributed by atoms with Crippen molar-refractivity contribution in [3.63, 3.8) is 0 Å². The van der Waals surface area contributed by atoms with E-state index in [1.165, 1.54) is 0 Å².